The van der Waals surface area contributed by atoms with E-state index in [1.807, 2.05) is 0 Å². The highest BCUT2D eigenvalue weighted by Crippen LogP contribution is 2.55. The zero-order valence-corrected chi connectivity index (χ0v) is 10.9. The summed E-state index contributed by atoms with van der Waals surface area (Å²) in [4.78, 5) is 0. The molecule has 0 unspecified atom stereocenters. The van der Waals surface area contributed by atoms with E-state index in [1.54, 1.807) is 0 Å². The molecule has 0 amide bonds. The lowest BCUT2D eigenvalue weighted by atomic mass is 9.64. The third-order valence-electron chi connectivity index (χ3n) is 5.25. The molecule has 4 nitrogen and oxygen atoms in total. The summed E-state index contributed by atoms with van der Waals surface area (Å²) < 4.78 is 24.1. The molecule has 4 fully saturated rings. The van der Waals surface area contributed by atoms with Crippen LogP contribution >= 0.6 is 0 Å². The molecule has 2 saturated heterocycles. The van der Waals surface area contributed by atoms with Crippen molar-refractivity contribution in [1.29, 1.82) is 0 Å². The Morgan fingerprint density at radius 2 is 1.00 bits per heavy atom. The predicted octanol–water partition coefficient (Wildman–Crippen LogP) is 2.07. The van der Waals surface area contributed by atoms with Gasteiger partial charge in [-0.05, 0) is 25.7 Å². The number of hydrogen-bond acceptors (Lipinski definition) is 4. The molecule has 18 heavy (non-hydrogen) atoms. The normalized spacial score (nSPS) is 41.3. The molecule has 2 spiro atoms. The second kappa shape index (κ2) is 4.17. The molecule has 2 atom stereocenters. The van der Waals surface area contributed by atoms with Gasteiger partial charge in [0.15, 0.2) is 11.6 Å². The van der Waals surface area contributed by atoms with Crippen LogP contribution in [0.5, 0.6) is 0 Å². The van der Waals surface area contributed by atoms with Crippen LogP contribution in [0.1, 0.15) is 38.5 Å². The largest absolute Gasteiger partial charge is 0.347 e. The minimum Gasteiger partial charge on any atom is -0.347 e. The summed E-state index contributed by atoms with van der Waals surface area (Å²) in [7, 11) is 0. The smallest absolute Gasteiger partial charge is 0.171 e. The van der Waals surface area contributed by atoms with Gasteiger partial charge in [0.05, 0.1) is 26.4 Å². The molecular formula is C14H22O4. The van der Waals surface area contributed by atoms with Crippen LogP contribution in [0.4, 0.5) is 0 Å². The van der Waals surface area contributed by atoms with Crippen LogP contribution in [0.3, 0.4) is 0 Å². The van der Waals surface area contributed by atoms with Crippen LogP contribution in [-0.2, 0) is 18.9 Å². The van der Waals surface area contributed by atoms with Gasteiger partial charge >= 0.3 is 0 Å². The lowest BCUT2D eigenvalue weighted by molar-refractivity contribution is -0.299. The van der Waals surface area contributed by atoms with Crippen molar-refractivity contribution in [3.63, 3.8) is 0 Å². The van der Waals surface area contributed by atoms with Crippen LogP contribution in [0.15, 0.2) is 0 Å². The summed E-state index contributed by atoms with van der Waals surface area (Å²) in [6, 6.07) is 0. The van der Waals surface area contributed by atoms with E-state index < -0.39 is 0 Å². The molecule has 0 N–H and O–H groups in total. The van der Waals surface area contributed by atoms with E-state index in [0.717, 1.165) is 52.1 Å². The first kappa shape index (κ1) is 11.6. The Morgan fingerprint density at radius 3 is 1.39 bits per heavy atom. The van der Waals surface area contributed by atoms with E-state index in [9.17, 15) is 0 Å². The zero-order chi connectivity index (χ0) is 12.1. The highest BCUT2D eigenvalue weighted by molar-refractivity contribution is 5.01. The summed E-state index contributed by atoms with van der Waals surface area (Å²) in [5, 5.41) is 0. The Labute approximate surface area is 108 Å². The molecule has 0 aromatic heterocycles. The standard InChI is InChI=1S/C14H22O4/c1-3-11-12(13(5-1)15-7-8-16-13)4-2-6-14(11)17-9-10-18-14/h11-12H,1-10H2/t11-,12-/m1/s1. The molecule has 4 heteroatoms. The topological polar surface area (TPSA) is 36.9 Å². The van der Waals surface area contributed by atoms with Gasteiger partial charge in [-0.25, -0.2) is 0 Å². The van der Waals surface area contributed by atoms with E-state index in [1.165, 1.54) is 12.8 Å². The van der Waals surface area contributed by atoms with Gasteiger partial charge in [0.1, 0.15) is 0 Å². The molecule has 0 aromatic carbocycles. The van der Waals surface area contributed by atoms with Crippen LogP contribution in [0.25, 0.3) is 0 Å². The maximum absolute atomic E-state index is 6.02. The van der Waals surface area contributed by atoms with Crippen molar-refractivity contribution < 1.29 is 18.9 Å². The van der Waals surface area contributed by atoms with Gasteiger partial charge in [0.2, 0.25) is 0 Å². The van der Waals surface area contributed by atoms with E-state index in [2.05, 4.69) is 0 Å². The molecule has 0 radical (unpaired) electrons. The fourth-order valence-corrected chi connectivity index (χ4v) is 4.62. The van der Waals surface area contributed by atoms with Gasteiger partial charge in [0.25, 0.3) is 0 Å². The maximum Gasteiger partial charge on any atom is 0.171 e. The van der Waals surface area contributed by atoms with Gasteiger partial charge in [-0.1, -0.05) is 0 Å². The van der Waals surface area contributed by atoms with Gasteiger partial charge in [-0.15, -0.1) is 0 Å². The van der Waals surface area contributed by atoms with Crippen molar-refractivity contribution in [3.8, 4) is 0 Å². The minimum absolute atomic E-state index is 0.314. The van der Waals surface area contributed by atoms with Crippen molar-refractivity contribution in [1.82, 2.24) is 0 Å². The molecule has 2 aliphatic heterocycles. The SMILES string of the molecule is C1C[C@@H]2[C@@H](CCCC23OCCO3)C2(C1)OCCO2. The molecule has 0 aromatic rings. The first-order chi connectivity index (χ1) is 8.85. The van der Waals surface area contributed by atoms with E-state index in [4.69, 9.17) is 18.9 Å². The molecule has 4 aliphatic rings. The average Bonchev–Trinajstić information content (AvgIpc) is 3.03. The first-order valence-corrected chi connectivity index (χ1v) is 7.41. The van der Waals surface area contributed by atoms with Gasteiger partial charge < -0.3 is 18.9 Å². The second-order valence-electron chi connectivity index (χ2n) is 6.01. The summed E-state index contributed by atoms with van der Waals surface area (Å²) in [5.41, 5.74) is 0. The summed E-state index contributed by atoms with van der Waals surface area (Å²) in [5.74, 6) is 0.290. The summed E-state index contributed by atoms with van der Waals surface area (Å²) >= 11 is 0. The molecule has 2 aliphatic carbocycles. The van der Waals surface area contributed by atoms with Crippen LogP contribution < -0.4 is 0 Å². The molecule has 2 saturated carbocycles. The third kappa shape index (κ3) is 1.52. The zero-order valence-electron chi connectivity index (χ0n) is 10.9. The monoisotopic (exact) mass is 254 g/mol. The van der Waals surface area contributed by atoms with Gasteiger partial charge in [-0.2, -0.15) is 0 Å². The highest BCUT2D eigenvalue weighted by Gasteiger charge is 2.59. The number of fused-ring (bicyclic) bond motifs is 3. The number of hydrogen-bond donors (Lipinski definition) is 0. The fourth-order valence-electron chi connectivity index (χ4n) is 4.62. The summed E-state index contributed by atoms with van der Waals surface area (Å²) in [6.07, 6.45) is 6.80. The van der Waals surface area contributed by atoms with Crippen molar-refractivity contribution in [2.24, 2.45) is 11.8 Å². The predicted molar refractivity (Wildman–Crippen MR) is 64.0 cm³/mol. The van der Waals surface area contributed by atoms with E-state index in [-0.39, 0.29) is 11.6 Å². The quantitative estimate of drug-likeness (QED) is 0.663. The van der Waals surface area contributed by atoms with E-state index >= 15 is 0 Å². The Kier molecular flexibility index (Phi) is 2.70. The first-order valence-electron chi connectivity index (χ1n) is 7.41. The minimum atomic E-state index is -0.314. The van der Waals surface area contributed by atoms with Crippen molar-refractivity contribution in [2.45, 2.75) is 50.1 Å². The van der Waals surface area contributed by atoms with Crippen molar-refractivity contribution in [3.05, 3.63) is 0 Å². The second-order valence-corrected chi connectivity index (χ2v) is 6.01. The Hall–Kier alpha value is -0.160. The molecule has 2 heterocycles. The third-order valence-corrected chi connectivity index (χ3v) is 5.25. The van der Waals surface area contributed by atoms with Gasteiger partial charge in [0, 0.05) is 24.7 Å². The Balaban J connectivity index is 1.65. The fraction of sp³-hybridized carbons (Fsp3) is 1.00. The van der Waals surface area contributed by atoms with Crippen LogP contribution in [0, 0.1) is 11.8 Å². The molecular weight excluding hydrogens is 232 g/mol. The van der Waals surface area contributed by atoms with Gasteiger partial charge in [-0.3, -0.25) is 0 Å². The van der Waals surface area contributed by atoms with E-state index in [0.29, 0.717) is 11.8 Å². The number of ether oxygens (including phenoxy) is 4. The molecule has 4 rings (SSSR count). The number of rotatable bonds is 0. The van der Waals surface area contributed by atoms with Crippen LogP contribution in [0.2, 0.25) is 0 Å². The maximum atomic E-state index is 6.02. The highest BCUT2D eigenvalue weighted by atomic mass is 16.7. The molecule has 0 bridgehead atoms. The lowest BCUT2D eigenvalue weighted by Gasteiger charge is -2.52. The average molecular weight is 254 g/mol. The van der Waals surface area contributed by atoms with Crippen molar-refractivity contribution in [2.75, 3.05) is 26.4 Å². The van der Waals surface area contributed by atoms with Crippen LogP contribution in [-0.4, -0.2) is 38.0 Å². The summed E-state index contributed by atoms with van der Waals surface area (Å²) in [6.45, 7) is 2.99. The lowest BCUT2D eigenvalue weighted by Crippen LogP contribution is -2.56. The molecule has 102 valence electrons. The van der Waals surface area contributed by atoms with Crippen molar-refractivity contribution >= 4 is 0 Å². The Bertz CT molecular complexity index is 286. The Morgan fingerprint density at radius 1 is 0.611 bits per heavy atom.